The van der Waals surface area contributed by atoms with Crippen LogP contribution in [0.4, 0.5) is 17.1 Å². The van der Waals surface area contributed by atoms with Crippen LogP contribution < -0.4 is 10.1 Å². The van der Waals surface area contributed by atoms with Gasteiger partial charge in [-0.05, 0) is 43.3 Å². The first-order valence-electron chi connectivity index (χ1n) is 8.15. The number of carbonyl (C=O) groups is 1. The first-order valence-corrected chi connectivity index (χ1v) is 8.53. The second kappa shape index (κ2) is 9.61. The first kappa shape index (κ1) is 21.0. The molecule has 1 N–H and O–H groups in total. The predicted octanol–water partition coefficient (Wildman–Crippen LogP) is 4.46. The van der Waals surface area contributed by atoms with Gasteiger partial charge in [0.2, 0.25) is 0 Å². The lowest BCUT2D eigenvalue weighted by Crippen LogP contribution is -2.17. The highest BCUT2D eigenvalue weighted by atomic mass is 35.5. The van der Waals surface area contributed by atoms with Crippen molar-refractivity contribution in [1.82, 2.24) is 0 Å². The molecule has 0 aliphatic rings. The summed E-state index contributed by atoms with van der Waals surface area (Å²) in [6.45, 7) is 1.72. The summed E-state index contributed by atoms with van der Waals surface area (Å²) in [6.07, 6.45) is 0.681. The molecule has 0 amide bonds. The molecule has 8 nitrogen and oxygen atoms in total. The van der Waals surface area contributed by atoms with E-state index in [2.05, 4.69) is 10.1 Å². The molecule has 0 aliphatic heterocycles. The zero-order chi connectivity index (χ0) is 20.7. The molecular formula is C19H19ClN2O6. The lowest BCUT2D eigenvalue weighted by Gasteiger charge is -2.17. The number of carbonyl (C=O) groups excluding carboxylic acids is 1. The van der Waals surface area contributed by atoms with Crippen LogP contribution in [0, 0.1) is 10.1 Å². The van der Waals surface area contributed by atoms with E-state index in [9.17, 15) is 14.9 Å². The summed E-state index contributed by atoms with van der Waals surface area (Å²) in [7, 11) is 2.70. The Balaban J connectivity index is 2.11. The highest BCUT2D eigenvalue weighted by Crippen LogP contribution is 2.31. The maximum Gasteiger partial charge on any atom is 0.334 e. The van der Waals surface area contributed by atoms with Crippen molar-refractivity contribution in [3.05, 3.63) is 69.4 Å². The molecule has 0 radical (unpaired) electrons. The van der Waals surface area contributed by atoms with Gasteiger partial charge in [0.15, 0.2) is 6.10 Å². The van der Waals surface area contributed by atoms with E-state index in [1.165, 1.54) is 32.4 Å². The van der Waals surface area contributed by atoms with Crippen molar-refractivity contribution in [2.24, 2.45) is 0 Å². The lowest BCUT2D eigenvalue weighted by molar-refractivity contribution is -0.383. The SMILES string of the molecule is COC(=O)C=C(OC)C(C)Oc1ccc(Nc2ccc(Cl)cc2[N+](=O)[O-])cc1. The van der Waals surface area contributed by atoms with Gasteiger partial charge in [0, 0.05) is 16.8 Å². The molecule has 2 aromatic rings. The molecule has 148 valence electrons. The minimum atomic E-state index is -0.545. The molecule has 0 bridgehead atoms. The third-order valence-corrected chi connectivity index (χ3v) is 3.94. The Morgan fingerprint density at radius 2 is 1.86 bits per heavy atom. The van der Waals surface area contributed by atoms with E-state index in [4.69, 9.17) is 21.1 Å². The van der Waals surface area contributed by atoms with Crippen molar-refractivity contribution in [2.45, 2.75) is 13.0 Å². The number of nitro benzene ring substituents is 1. The van der Waals surface area contributed by atoms with Crippen LogP contribution in [0.1, 0.15) is 6.92 Å². The Bertz CT molecular complexity index is 882. The van der Waals surface area contributed by atoms with Gasteiger partial charge < -0.3 is 19.5 Å². The van der Waals surface area contributed by atoms with Gasteiger partial charge >= 0.3 is 5.97 Å². The van der Waals surface area contributed by atoms with Gasteiger partial charge in [0.05, 0.1) is 25.2 Å². The Morgan fingerprint density at radius 3 is 2.43 bits per heavy atom. The van der Waals surface area contributed by atoms with Gasteiger partial charge in [-0.25, -0.2) is 4.79 Å². The third-order valence-electron chi connectivity index (χ3n) is 3.70. The van der Waals surface area contributed by atoms with Crippen molar-refractivity contribution in [1.29, 1.82) is 0 Å². The maximum absolute atomic E-state index is 11.4. The van der Waals surface area contributed by atoms with Crippen molar-refractivity contribution in [2.75, 3.05) is 19.5 Å². The smallest absolute Gasteiger partial charge is 0.334 e. The van der Waals surface area contributed by atoms with E-state index in [0.717, 1.165) is 0 Å². The number of anilines is 2. The number of hydrogen-bond donors (Lipinski definition) is 1. The number of nitrogens with one attached hydrogen (secondary N) is 1. The molecule has 2 rings (SSSR count). The zero-order valence-electron chi connectivity index (χ0n) is 15.5. The van der Waals surface area contributed by atoms with Crippen molar-refractivity contribution >= 4 is 34.6 Å². The van der Waals surface area contributed by atoms with E-state index < -0.39 is 17.0 Å². The second-order valence-electron chi connectivity index (χ2n) is 5.60. The van der Waals surface area contributed by atoms with E-state index in [1.807, 2.05) is 0 Å². The summed E-state index contributed by atoms with van der Waals surface area (Å²) in [4.78, 5) is 22.0. The number of methoxy groups -OCH3 is 2. The van der Waals surface area contributed by atoms with Gasteiger partial charge in [-0.3, -0.25) is 10.1 Å². The highest BCUT2D eigenvalue weighted by Gasteiger charge is 2.16. The quantitative estimate of drug-likeness (QED) is 0.227. The van der Waals surface area contributed by atoms with Crippen LogP contribution in [-0.4, -0.2) is 31.2 Å². The molecule has 0 heterocycles. The fraction of sp³-hybridized carbons (Fsp3) is 0.211. The van der Waals surface area contributed by atoms with Gasteiger partial charge in [0.1, 0.15) is 17.2 Å². The molecule has 2 aromatic carbocycles. The summed E-state index contributed by atoms with van der Waals surface area (Å²) >= 11 is 5.82. The second-order valence-corrected chi connectivity index (χ2v) is 6.04. The Kier molecular flexibility index (Phi) is 7.22. The largest absolute Gasteiger partial charge is 0.497 e. The van der Waals surface area contributed by atoms with Crippen LogP contribution in [0.15, 0.2) is 54.3 Å². The van der Waals surface area contributed by atoms with Gasteiger partial charge in [-0.1, -0.05) is 11.6 Å². The minimum Gasteiger partial charge on any atom is -0.497 e. The summed E-state index contributed by atoms with van der Waals surface area (Å²) in [5.74, 6) is 0.290. The van der Waals surface area contributed by atoms with Crippen LogP contribution in [0.25, 0.3) is 0 Å². The van der Waals surface area contributed by atoms with Gasteiger partial charge in [-0.2, -0.15) is 0 Å². The van der Waals surface area contributed by atoms with Crippen LogP contribution in [0.2, 0.25) is 5.02 Å². The van der Waals surface area contributed by atoms with Crippen LogP contribution >= 0.6 is 11.6 Å². The van der Waals surface area contributed by atoms with Crippen LogP contribution in [0.3, 0.4) is 0 Å². The number of nitro groups is 1. The molecule has 0 aliphatic carbocycles. The molecule has 0 saturated heterocycles. The maximum atomic E-state index is 11.4. The topological polar surface area (TPSA) is 99.9 Å². The predicted molar refractivity (Wildman–Crippen MR) is 105 cm³/mol. The molecule has 1 unspecified atom stereocenters. The summed E-state index contributed by atoms with van der Waals surface area (Å²) < 4.78 is 15.5. The Labute approximate surface area is 166 Å². The fourth-order valence-corrected chi connectivity index (χ4v) is 2.48. The van der Waals surface area contributed by atoms with E-state index >= 15 is 0 Å². The van der Waals surface area contributed by atoms with E-state index in [1.54, 1.807) is 37.3 Å². The molecule has 0 saturated carbocycles. The average molecular weight is 407 g/mol. The van der Waals surface area contributed by atoms with Crippen molar-refractivity contribution in [3.63, 3.8) is 0 Å². The average Bonchev–Trinajstić information content (AvgIpc) is 2.68. The molecule has 1 atom stereocenters. The van der Waals surface area contributed by atoms with Gasteiger partial charge in [-0.15, -0.1) is 0 Å². The van der Waals surface area contributed by atoms with Gasteiger partial charge in [0.25, 0.3) is 5.69 Å². The standard InChI is InChI=1S/C19H19ClN2O6/c1-12(18(26-2)11-19(23)27-3)28-15-7-5-14(6-8-15)21-16-9-4-13(20)10-17(16)22(24)25/h4-12,21H,1-3H3. The highest BCUT2D eigenvalue weighted by molar-refractivity contribution is 6.30. The van der Waals surface area contributed by atoms with Crippen LogP contribution in [-0.2, 0) is 14.3 Å². The Hall–Kier alpha value is -3.26. The molecule has 0 aromatic heterocycles. The number of halogens is 1. The van der Waals surface area contributed by atoms with Crippen molar-refractivity contribution in [3.8, 4) is 5.75 Å². The summed E-state index contributed by atoms with van der Waals surface area (Å²) in [5.41, 5.74) is 0.820. The number of ether oxygens (including phenoxy) is 3. The fourth-order valence-electron chi connectivity index (χ4n) is 2.31. The summed E-state index contributed by atoms with van der Waals surface area (Å²) in [5, 5.41) is 14.4. The minimum absolute atomic E-state index is 0.126. The molecule has 9 heteroatoms. The zero-order valence-corrected chi connectivity index (χ0v) is 16.2. The Morgan fingerprint density at radius 1 is 1.18 bits per heavy atom. The molecule has 28 heavy (non-hydrogen) atoms. The van der Waals surface area contributed by atoms with E-state index in [0.29, 0.717) is 22.9 Å². The summed E-state index contributed by atoms with van der Waals surface area (Å²) in [6, 6.07) is 11.2. The molecule has 0 fully saturated rings. The number of rotatable bonds is 8. The molecule has 0 spiro atoms. The third kappa shape index (κ3) is 5.62. The van der Waals surface area contributed by atoms with E-state index in [-0.39, 0.29) is 10.7 Å². The normalized spacial score (nSPS) is 12.1. The number of nitrogens with zero attached hydrogens (tertiary/aromatic N) is 1. The molecular weight excluding hydrogens is 388 g/mol. The lowest BCUT2D eigenvalue weighted by atomic mass is 10.2. The number of hydrogen-bond acceptors (Lipinski definition) is 7. The van der Waals surface area contributed by atoms with Crippen LogP contribution in [0.5, 0.6) is 5.75 Å². The monoisotopic (exact) mass is 406 g/mol. The number of esters is 1. The number of benzene rings is 2. The first-order chi connectivity index (χ1) is 13.3. The van der Waals surface area contributed by atoms with Crippen molar-refractivity contribution < 1.29 is 23.9 Å².